The Morgan fingerprint density at radius 2 is 1.71 bits per heavy atom. The molecule has 6 heteroatoms. The Hall–Kier alpha value is 2.28. The second kappa shape index (κ2) is 11.1. The van der Waals surface area contributed by atoms with Crippen molar-refractivity contribution < 1.29 is 70.7 Å². The summed E-state index contributed by atoms with van der Waals surface area (Å²) in [4.78, 5) is 0. The quantitative estimate of drug-likeness (QED) is 0.380. The third kappa shape index (κ3) is 17.8. The van der Waals surface area contributed by atoms with Gasteiger partial charge in [-0.1, -0.05) is 0 Å². The summed E-state index contributed by atoms with van der Waals surface area (Å²) in [6, 6.07) is 0. The Kier molecular flexibility index (Phi) is 25.6. The zero-order chi connectivity index (χ0) is 4.28. The Morgan fingerprint density at radius 1 is 1.57 bits per heavy atom. The Bertz CT molecular complexity index is 48.2. The molecule has 0 aromatic rings. The number of rotatable bonds is 1. The average molecular weight is 184 g/mol. The van der Waals surface area contributed by atoms with Crippen LogP contribution in [0.25, 0.3) is 0 Å². The normalized spacial score (nSPS) is 8.00. The van der Waals surface area contributed by atoms with Crippen molar-refractivity contribution in [2.24, 2.45) is 0 Å². The van der Waals surface area contributed by atoms with E-state index in [0.717, 1.165) is 7.11 Å². The molecule has 0 amide bonds. The molecule has 0 bridgehead atoms. The summed E-state index contributed by atoms with van der Waals surface area (Å²) in [5.41, 5.74) is 0. The van der Waals surface area contributed by atoms with Crippen molar-refractivity contribution in [2.45, 2.75) is 0 Å². The fraction of sp³-hybridized carbons (Fsp3) is 1.00. The zero-order valence-corrected chi connectivity index (χ0v) is 10.5. The van der Waals surface area contributed by atoms with Crippen LogP contribution in [0.4, 0.5) is 0 Å². The smallest absolute Gasteiger partial charge is 1.00 e. The van der Waals surface area contributed by atoms with Crippen LogP contribution in [-0.4, -0.2) is 22.4 Å². The largest absolute Gasteiger partial charge is 1.00 e. The minimum absolute atomic E-state index is 0. The first-order chi connectivity index (χ1) is 2.27. The van der Waals surface area contributed by atoms with E-state index in [1.54, 1.807) is 0 Å². The Labute approximate surface area is 91.6 Å². The molecule has 0 fully saturated rings. The predicted octanol–water partition coefficient (Wildman–Crippen LogP) is -7.58. The number of hydrogen-bond donors (Lipinski definition) is 0. The molecule has 0 aromatic heterocycles. The van der Waals surface area contributed by atoms with E-state index in [1.807, 2.05) is 0 Å². The fourth-order valence-electron chi connectivity index (χ4n) is 0. The first-order valence-corrected chi connectivity index (χ1v) is 3.25. The molecule has 0 saturated carbocycles. The van der Waals surface area contributed by atoms with Gasteiger partial charge < -0.3 is 0 Å². The maximum atomic E-state index is 9.26. The maximum absolute atomic E-state index is 9.26. The summed E-state index contributed by atoms with van der Waals surface area (Å²) in [6.07, 6.45) is 0. The van der Waals surface area contributed by atoms with Gasteiger partial charge in [0, 0.05) is 0 Å². The van der Waals surface area contributed by atoms with Crippen molar-refractivity contribution in [1.29, 1.82) is 0 Å². The zero-order valence-electron chi connectivity index (χ0n) is 4.67. The third-order valence-corrected chi connectivity index (χ3v) is 0.775. The van der Waals surface area contributed by atoms with Crippen LogP contribution in [-0.2, 0) is 7.47 Å². The maximum Gasteiger partial charge on any atom is 1.00 e. The summed E-state index contributed by atoms with van der Waals surface area (Å²) in [6.45, 7) is 0. The number of hydrogen-bond acceptors (Lipinski definition) is 3. The summed E-state index contributed by atoms with van der Waals surface area (Å²) >= 11 is -3.20. The van der Waals surface area contributed by atoms with Crippen molar-refractivity contribution in [3.05, 3.63) is 0 Å². The van der Waals surface area contributed by atoms with Crippen LogP contribution in [0.15, 0.2) is 0 Å². The molecule has 3 nitrogen and oxygen atoms in total. The van der Waals surface area contributed by atoms with E-state index in [2.05, 4.69) is 3.73 Å². The van der Waals surface area contributed by atoms with Gasteiger partial charge in [-0.05, 0) is 0 Å². The van der Waals surface area contributed by atoms with Crippen molar-refractivity contribution >= 4 is 15.3 Å². The van der Waals surface area contributed by atoms with E-state index >= 15 is 0 Å². The van der Waals surface area contributed by atoms with E-state index in [1.165, 1.54) is 0 Å². The molecule has 7 heavy (non-hydrogen) atoms. The van der Waals surface area contributed by atoms with Gasteiger partial charge in [0.25, 0.3) is 0 Å². The first-order valence-electron chi connectivity index (χ1n) is 0.956. The molecule has 0 rings (SSSR count). The molecule has 0 aliphatic carbocycles. The standard InChI is InChI=1S/CH3AsO3.2Na/c1-5-2(3)4;;/h1H3;;/q-1;2*+1. The van der Waals surface area contributed by atoms with E-state index < -0.39 is 15.3 Å². The van der Waals surface area contributed by atoms with Gasteiger partial charge in [0.1, 0.15) is 0 Å². The van der Waals surface area contributed by atoms with E-state index in [4.69, 9.17) is 0 Å². The molecule has 0 aliphatic rings. The van der Waals surface area contributed by atoms with Crippen LogP contribution in [0.3, 0.4) is 0 Å². The van der Waals surface area contributed by atoms with Crippen molar-refractivity contribution in [2.75, 3.05) is 7.11 Å². The van der Waals surface area contributed by atoms with Gasteiger partial charge in [-0.15, -0.1) is 0 Å². The Balaban J connectivity index is -0.0000000800. The molecule has 1 unspecified atom stereocenters. The van der Waals surface area contributed by atoms with Gasteiger partial charge in [-0.3, -0.25) is 0 Å². The van der Waals surface area contributed by atoms with Gasteiger partial charge in [-0.25, -0.2) is 0 Å². The molecule has 1 radical (unpaired) electrons. The first kappa shape index (κ1) is 16.1. The summed E-state index contributed by atoms with van der Waals surface area (Å²) in [5, 5.41) is 0. The monoisotopic (exact) mass is 184 g/mol. The van der Waals surface area contributed by atoms with E-state index in [0.29, 0.717) is 0 Å². The molecule has 0 aliphatic heterocycles. The topological polar surface area (TPSA) is 49.4 Å². The molecule has 31 valence electrons. The molecule has 0 N–H and O–H groups in total. The van der Waals surface area contributed by atoms with E-state index in [9.17, 15) is 7.84 Å². The SMILES string of the molecule is CO[As](=O)[O-].[Na+].[Na+]. The fourth-order valence-corrected chi connectivity index (χ4v) is 0. The van der Waals surface area contributed by atoms with Gasteiger partial charge in [-0.2, -0.15) is 0 Å². The molecule has 0 saturated heterocycles. The van der Waals surface area contributed by atoms with Gasteiger partial charge in [0.15, 0.2) is 0 Å². The van der Waals surface area contributed by atoms with Crippen LogP contribution >= 0.6 is 0 Å². The van der Waals surface area contributed by atoms with E-state index in [-0.39, 0.29) is 59.1 Å². The third-order valence-electron chi connectivity index (χ3n) is 0.149. The van der Waals surface area contributed by atoms with Crippen molar-refractivity contribution in [1.82, 2.24) is 0 Å². The van der Waals surface area contributed by atoms with Gasteiger partial charge >= 0.3 is 93.1 Å². The van der Waals surface area contributed by atoms with Crippen molar-refractivity contribution in [3.8, 4) is 0 Å². The summed E-state index contributed by atoms with van der Waals surface area (Å²) in [5.74, 6) is 0. The molecule has 0 aromatic carbocycles. The average Bonchev–Trinajstić information content (AvgIpc) is 1.38. The molecular formula is CH3AsNa2O3+. The molecule has 1 atom stereocenters. The second-order valence-corrected chi connectivity index (χ2v) is 2.11. The molecule has 0 spiro atoms. The Morgan fingerprint density at radius 3 is 1.71 bits per heavy atom. The van der Waals surface area contributed by atoms with Crippen LogP contribution in [0.1, 0.15) is 0 Å². The van der Waals surface area contributed by atoms with Crippen LogP contribution in [0.2, 0.25) is 0 Å². The van der Waals surface area contributed by atoms with Gasteiger partial charge in [0.05, 0.1) is 0 Å². The predicted molar refractivity (Wildman–Crippen MR) is 13.4 cm³/mol. The van der Waals surface area contributed by atoms with Gasteiger partial charge in [0.2, 0.25) is 0 Å². The van der Waals surface area contributed by atoms with Crippen LogP contribution < -0.4 is 63.2 Å². The summed E-state index contributed by atoms with van der Waals surface area (Å²) in [7, 11) is 1.14. The molecular weight excluding hydrogens is 181 g/mol. The summed E-state index contributed by atoms with van der Waals surface area (Å²) < 4.78 is 22.3. The van der Waals surface area contributed by atoms with Crippen LogP contribution in [0.5, 0.6) is 0 Å². The molecule has 0 heterocycles. The minimum atomic E-state index is -3.20. The second-order valence-electron chi connectivity index (χ2n) is 0.406. The minimum Gasteiger partial charge on any atom is 1.00 e. The van der Waals surface area contributed by atoms with Crippen LogP contribution in [0, 0.1) is 0 Å². The van der Waals surface area contributed by atoms with Crippen molar-refractivity contribution in [3.63, 3.8) is 0 Å².